The van der Waals surface area contributed by atoms with Crippen molar-refractivity contribution in [3.8, 4) is 0 Å². The van der Waals surface area contributed by atoms with Crippen LogP contribution in [0.3, 0.4) is 0 Å². The van der Waals surface area contributed by atoms with Crippen molar-refractivity contribution in [2.75, 3.05) is 46.8 Å². The van der Waals surface area contributed by atoms with Crippen molar-refractivity contribution in [2.24, 2.45) is 0 Å². The van der Waals surface area contributed by atoms with Crippen LogP contribution in [0.15, 0.2) is 54.7 Å². The van der Waals surface area contributed by atoms with Gasteiger partial charge in [-0.05, 0) is 17.7 Å². The summed E-state index contributed by atoms with van der Waals surface area (Å²) in [4.78, 5) is 23.7. The van der Waals surface area contributed by atoms with Gasteiger partial charge in [-0.2, -0.15) is 0 Å². The molecule has 1 aliphatic rings. The Bertz CT molecular complexity index is 1070. The van der Waals surface area contributed by atoms with E-state index in [4.69, 9.17) is 11.6 Å². The first-order valence-electron chi connectivity index (χ1n) is 10.6. The highest BCUT2D eigenvalue weighted by molar-refractivity contribution is 6.30. The number of pyridine rings is 1. The molecular weight excluding hydrogens is 410 g/mol. The molecule has 1 aromatic carbocycles. The van der Waals surface area contributed by atoms with Gasteiger partial charge in [0.2, 0.25) is 0 Å². The first-order chi connectivity index (χ1) is 15.0. The molecule has 6 nitrogen and oxygen atoms in total. The Morgan fingerprint density at radius 3 is 2.48 bits per heavy atom. The number of aromatic nitrogens is 2. The molecule has 3 aromatic rings. The van der Waals surface area contributed by atoms with E-state index < -0.39 is 0 Å². The number of imidazole rings is 1. The molecule has 1 amide bonds. The average Bonchev–Trinajstić information content (AvgIpc) is 3.12. The number of carbonyl (C=O) groups excluding carboxylic acids is 1. The average molecular weight is 438 g/mol. The molecule has 1 saturated heterocycles. The molecule has 0 N–H and O–H groups in total. The third-order valence-electron chi connectivity index (χ3n) is 5.60. The fourth-order valence-corrected chi connectivity index (χ4v) is 4.01. The normalized spacial score (nSPS) is 15.7. The molecule has 0 radical (unpaired) electrons. The number of carbonyl (C=O) groups is 1. The molecule has 4 rings (SSSR count). The van der Waals surface area contributed by atoms with Crippen molar-refractivity contribution < 1.29 is 4.79 Å². The minimum atomic E-state index is -0.0838. The van der Waals surface area contributed by atoms with E-state index in [1.54, 1.807) is 25.1 Å². The first-order valence-corrected chi connectivity index (χ1v) is 10.9. The molecule has 1 fully saturated rings. The largest absolute Gasteiger partial charge is 0.343 e. The van der Waals surface area contributed by atoms with E-state index in [1.165, 1.54) is 5.56 Å². The van der Waals surface area contributed by atoms with Crippen LogP contribution in [-0.2, 0) is 6.54 Å². The number of hydrogen-bond acceptors (Lipinski definition) is 4. The van der Waals surface area contributed by atoms with Gasteiger partial charge < -0.3 is 9.30 Å². The van der Waals surface area contributed by atoms with Crippen molar-refractivity contribution in [2.45, 2.75) is 6.54 Å². The second-order valence-corrected chi connectivity index (χ2v) is 8.51. The number of benzene rings is 1. The number of halogens is 1. The fraction of sp³-hybridized carbons (Fsp3) is 0.333. The van der Waals surface area contributed by atoms with E-state index in [1.807, 2.05) is 22.7 Å². The van der Waals surface area contributed by atoms with Crippen LogP contribution < -0.4 is 0 Å². The Morgan fingerprint density at radius 2 is 1.77 bits per heavy atom. The second kappa shape index (κ2) is 9.64. The van der Waals surface area contributed by atoms with Crippen molar-refractivity contribution >= 4 is 29.2 Å². The molecule has 3 heterocycles. The summed E-state index contributed by atoms with van der Waals surface area (Å²) in [7, 11) is 3.51. The lowest BCUT2D eigenvalue weighted by Crippen LogP contribution is -2.46. The van der Waals surface area contributed by atoms with E-state index in [0.717, 1.165) is 44.1 Å². The third kappa shape index (κ3) is 5.15. The molecule has 31 heavy (non-hydrogen) atoms. The molecular formula is C24H28ClN5O. The van der Waals surface area contributed by atoms with Gasteiger partial charge in [0.05, 0.1) is 10.7 Å². The molecule has 0 bridgehead atoms. The quantitative estimate of drug-likeness (QED) is 0.591. The van der Waals surface area contributed by atoms with Gasteiger partial charge in [0, 0.05) is 59.6 Å². The molecule has 0 atom stereocenters. The molecule has 7 heteroatoms. The summed E-state index contributed by atoms with van der Waals surface area (Å²) in [5.74, 6) is -0.0838. The molecule has 0 spiro atoms. The Hall–Kier alpha value is -2.67. The van der Waals surface area contributed by atoms with Gasteiger partial charge in [-0.3, -0.25) is 14.6 Å². The smallest absolute Gasteiger partial charge is 0.273 e. The Labute approximate surface area is 188 Å². The number of fused-ring (bicyclic) bond motifs is 1. The lowest BCUT2D eigenvalue weighted by Gasteiger charge is -2.34. The monoisotopic (exact) mass is 437 g/mol. The zero-order chi connectivity index (χ0) is 21.8. The van der Waals surface area contributed by atoms with Gasteiger partial charge >= 0.3 is 0 Å². The minimum Gasteiger partial charge on any atom is -0.343 e. The molecule has 2 aromatic heterocycles. The zero-order valence-corrected chi connectivity index (χ0v) is 18.8. The van der Waals surface area contributed by atoms with E-state index in [0.29, 0.717) is 17.3 Å². The lowest BCUT2D eigenvalue weighted by atomic mass is 10.2. The fourth-order valence-electron chi connectivity index (χ4n) is 3.85. The number of piperazine rings is 1. The van der Waals surface area contributed by atoms with Crippen LogP contribution in [0.1, 0.15) is 21.7 Å². The van der Waals surface area contributed by atoms with Crippen LogP contribution in [0.4, 0.5) is 0 Å². The van der Waals surface area contributed by atoms with Crippen LogP contribution >= 0.6 is 11.6 Å². The van der Waals surface area contributed by atoms with Gasteiger partial charge in [-0.1, -0.05) is 54.1 Å². The Kier molecular flexibility index (Phi) is 6.70. The molecule has 0 unspecified atom stereocenters. The summed E-state index contributed by atoms with van der Waals surface area (Å²) in [5.41, 5.74) is 3.37. The second-order valence-electron chi connectivity index (χ2n) is 8.07. The van der Waals surface area contributed by atoms with E-state index in [2.05, 4.69) is 51.2 Å². The Morgan fingerprint density at radius 1 is 1.06 bits per heavy atom. The summed E-state index contributed by atoms with van der Waals surface area (Å²) in [6.07, 6.45) is 6.25. The molecule has 162 valence electrons. The number of rotatable bonds is 6. The predicted molar refractivity (Wildman–Crippen MR) is 125 cm³/mol. The predicted octanol–water partition coefficient (Wildman–Crippen LogP) is 3.52. The topological polar surface area (TPSA) is 44.1 Å². The van der Waals surface area contributed by atoms with Crippen LogP contribution in [0.25, 0.3) is 11.7 Å². The zero-order valence-electron chi connectivity index (χ0n) is 18.0. The maximum atomic E-state index is 12.7. The number of amides is 1. The van der Waals surface area contributed by atoms with Gasteiger partial charge in [-0.25, -0.2) is 4.98 Å². The SMILES string of the molecule is CN(C)C(=O)c1nc2ccc(Cl)cn2c1CN1CCN(C/C=C/c2ccccc2)CC1. The van der Waals surface area contributed by atoms with Crippen molar-refractivity contribution in [1.29, 1.82) is 0 Å². The van der Waals surface area contributed by atoms with Crippen molar-refractivity contribution in [1.82, 2.24) is 24.1 Å². The number of hydrogen-bond donors (Lipinski definition) is 0. The van der Waals surface area contributed by atoms with Crippen LogP contribution in [-0.4, -0.2) is 76.8 Å². The van der Waals surface area contributed by atoms with Crippen molar-refractivity contribution in [3.05, 3.63) is 76.7 Å². The molecule has 0 saturated carbocycles. The van der Waals surface area contributed by atoms with Gasteiger partial charge in [-0.15, -0.1) is 0 Å². The first kappa shape index (κ1) is 21.6. The highest BCUT2D eigenvalue weighted by Gasteiger charge is 2.24. The standard InChI is InChI=1S/C24H28ClN5O/c1-27(2)24(31)23-21(30-17-20(25)10-11-22(30)26-23)18-29-15-13-28(14-16-29)12-6-9-19-7-4-3-5-8-19/h3-11,17H,12-16,18H2,1-2H3/b9-6+. The van der Waals surface area contributed by atoms with Crippen LogP contribution in [0, 0.1) is 0 Å². The van der Waals surface area contributed by atoms with Crippen LogP contribution in [0.5, 0.6) is 0 Å². The maximum absolute atomic E-state index is 12.7. The summed E-state index contributed by atoms with van der Waals surface area (Å²) in [5, 5.41) is 0.630. The van der Waals surface area contributed by atoms with Gasteiger partial charge in [0.15, 0.2) is 5.69 Å². The van der Waals surface area contributed by atoms with Gasteiger partial charge in [0.25, 0.3) is 5.91 Å². The molecule has 0 aliphatic carbocycles. The summed E-state index contributed by atoms with van der Waals surface area (Å²) < 4.78 is 1.95. The van der Waals surface area contributed by atoms with E-state index in [9.17, 15) is 4.79 Å². The highest BCUT2D eigenvalue weighted by Crippen LogP contribution is 2.20. The van der Waals surface area contributed by atoms with E-state index >= 15 is 0 Å². The third-order valence-corrected chi connectivity index (χ3v) is 5.83. The molecule has 1 aliphatic heterocycles. The summed E-state index contributed by atoms with van der Waals surface area (Å²) in [6.45, 7) is 5.49. The highest BCUT2D eigenvalue weighted by atomic mass is 35.5. The van der Waals surface area contributed by atoms with E-state index in [-0.39, 0.29) is 5.91 Å². The minimum absolute atomic E-state index is 0.0838. The lowest BCUT2D eigenvalue weighted by molar-refractivity contribution is 0.0818. The van der Waals surface area contributed by atoms with Crippen LogP contribution in [0.2, 0.25) is 5.02 Å². The number of nitrogens with zero attached hydrogens (tertiary/aromatic N) is 5. The Balaban J connectivity index is 1.42. The summed E-state index contributed by atoms with van der Waals surface area (Å²) >= 11 is 6.23. The summed E-state index contributed by atoms with van der Waals surface area (Å²) in [6, 6.07) is 14.0. The van der Waals surface area contributed by atoms with Crippen molar-refractivity contribution in [3.63, 3.8) is 0 Å². The maximum Gasteiger partial charge on any atom is 0.273 e. The van der Waals surface area contributed by atoms with Gasteiger partial charge in [0.1, 0.15) is 5.65 Å².